The molecule has 8 nitrogen and oxygen atoms in total. The van der Waals surface area contributed by atoms with Gasteiger partial charge in [0.05, 0.1) is 0 Å². The van der Waals surface area contributed by atoms with E-state index in [0.717, 1.165) is 9.80 Å². The minimum atomic E-state index is -0.861. The lowest BCUT2D eigenvalue weighted by Crippen LogP contribution is -2.32. The van der Waals surface area contributed by atoms with Gasteiger partial charge in [0, 0.05) is 13.0 Å². The average molecular weight is 280 g/mol. The van der Waals surface area contributed by atoms with Gasteiger partial charge in [0.15, 0.2) is 5.82 Å². The number of carbonyl (C=O) groups is 3. The summed E-state index contributed by atoms with van der Waals surface area (Å²) >= 11 is 0. The second-order valence-electron chi connectivity index (χ2n) is 4.93. The Hall–Kier alpha value is -2.25. The molecule has 0 aromatic carbocycles. The molecule has 20 heavy (non-hydrogen) atoms. The maximum atomic E-state index is 11.9. The minimum absolute atomic E-state index is 0.146. The summed E-state index contributed by atoms with van der Waals surface area (Å²) in [5.41, 5.74) is 0. The normalized spacial score (nSPS) is 15.9. The zero-order valence-corrected chi connectivity index (χ0v) is 11.6. The molecule has 8 heteroatoms. The van der Waals surface area contributed by atoms with Crippen molar-refractivity contribution in [2.75, 3.05) is 6.54 Å². The molecular weight excluding hydrogens is 264 g/mol. The number of imide groups is 2. The first-order valence-corrected chi connectivity index (χ1v) is 6.42. The zero-order valence-electron chi connectivity index (χ0n) is 11.6. The van der Waals surface area contributed by atoms with Crippen LogP contribution in [0.15, 0.2) is 4.52 Å². The fourth-order valence-electron chi connectivity index (χ4n) is 1.91. The summed E-state index contributed by atoms with van der Waals surface area (Å²) in [6.45, 7) is 5.63. The van der Waals surface area contributed by atoms with Crippen molar-refractivity contribution in [2.24, 2.45) is 5.92 Å². The molecule has 0 atom stereocenters. The molecule has 1 saturated heterocycles. The van der Waals surface area contributed by atoms with Crippen LogP contribution in [-0.4, -0.2) is 44.3 Å². The second-order valence-corrected chi connectivity index (χ2v) is 4.93. The number of amides is 4. The van der Waals surface area contributed by atoms with E-state index in [1.165, 1.54) is 0 Å². The first-order chi connectivity index (χ1) is 9.43. The molecule has 0 radical (unpaired) electrons. The topological polar surface area (TPSA) is 96.6 Å². The molecule has 2 rings (SSSR count). The number of hydrogen-bond donors (Lipinski definition) is 0. The largest absolute Gasteiger partial charge is 0.337 e. The van der Waals surface area contributed by atoms with E-state index in [2.05, 4.69) is 10.1 Å². The van der Waals surface area contributed by atoms with Gasteiger partial charge in [0.25, 0.3) is 0 Å². The number of rotatable bonds is 5. The molecular formula is C12H16N4O4. The van der Waals surface area contributed by atoms with Crippen molar-refractivity contribution in [1.29, 1.82) is 0 Å². The summed E-state index contributed by atoms with van der Waals surface area (Å²) in [4.78, 5) is 40.9. The van der Waals surface area contributed by atoms with Gasteiger partial charge in [-0.2, -0.15) is 4.98 Å². The van der Waals surface area contributed by atoms with Crippen LogP contribution < -0.4 is 0 Å². The molecule has 1 fully saturated rings. The fourth-order valence-corrected chi connectivity index (χ4v) is 1.91. The van der Waals surface area contributed by atoms with E-state index in [0.29, 0.717) is 18.2 Å². The van der Waals surface area contributed by atoms with Crippen LogP contribution in [0.3, 0.4) is 0 Å². The predicted octanol–water partition coefficient (Wildman–Crippen LogP) is 0.579. The van der Waals surface area contributed by atoms with Gasteiger partial charge in [-0.05, 0) is 12.8 Å². The molecule has 0 unspecified atom stereocenters. The van der Waals surface area contributed by atoms with E-state index in [1.54, 1.807) is 6.92 Å². The van der Waals surface area contributed by atoms with Gasteiger partial charge in [-0.15, -0.1) is 0 Å². The van der Waals surface area contributed by atoms with E-state index in [4.69, 9.17) is 4.52 Å². The number of nitrogens with zero attached hydrogens (tertiary/aromatic N) is 4. The Morgan fingerprint density at radius 1 is 1.15 bits per heavy atom. The van der Waals surface area contributed by atoms with Gasteiger partial charge < -0.3 is 4.52 Å². The molecule has 0 saturated carbocycles. The highest BCUT2D eigenvalue weighted by Gasteiger charge is 2.44. The lowest BCUT2D eigenvalue weighted by Gasteiger charge is -2.11. The molecule has 0 spiro atoms. The third-order valence-electron chi connectivity index (χ3n) is 2.85. The minimum Gasteiger partial charge on any atom is -0.337 e. The van der Waals surface area contributed by atoms with Gasteiger partial charge in [-0.25, -0.2) is 9.69 Å². The standard InChI is InChI=1S/C12H16N4O4/c1-4-15-10(17)11(18)16(12(15)19)6-9-13-8(14-20-9)5-7(2)3/h7H,4-6H2,1-3H3. The highest BCUT2D eigenvalue weighted by molar-refractivity contribution is 6.44. The predicted molar refractivity (Wildman–Crippen MR) is 66.2 cm³/mol. The molecule has 0 N–H and O–H groups in total. The molecule has 0 bridgehead atoms. The summed E-state index contributed by atoms with van der Waals surface area (Å²) in [7, 11) is 0. The van der Waals surface area contributed by atoms with E-state index in [-0.39, 0.29) is 19.0 Å². The Kier molecular flexibility index (Phi) is 3.82. The maximum absolute atomic E-state index is 11.9. The summed E-state index contributed by atoms with van der Waals surface area (Å²) in [6, 6.07) is -0.647. The zero-order chi connectivity index (χ0) is 14.9. The smallest absolute Gasteiger partial charge is 0.334 e. The van der Waals surface area contributed by atoms with E-state index < -0.39 is 17.8 Å². The van der Waals surface area contributed by atoms with Crippen LogP contribution in [0.1, 0.15) is 32.5 Å². The molecule has 1 aromatic rings. The van der Waals surface area contributed by atoms with Crippen LogP contribution in [0.5, 0.6) is 0 Å². The Labute approximate surface area is 115 Å². The molecule has 2 heterocycles. The van der Waals surface area contributed by atoms with Crippen molar-refractivity contribution in [3.05, 3.63) is 11.7 Å². The Morgan fingerprint density at radius 3 is 2.35 bits per heavy atom. The molecule has 4 amide bonds. The third kappa shape index (κ3) is 2.54. The van der Waals surface area contributed by atoms with Gasteiger partial charge in [-0.3, -0.25) is 14.5 Å². The highest BCUT2D eigenvalue weighted by Crippen LogP contribution is 2.15. The number of aromatic nitrogens is 2. The summed E-state index contributed by atoms with van der Waals surface area (Å²) in [5.74, 6) is -0.645. The first kappa shape index (κ1) is 14.2. The van der Waals surface area contributed by atoms with Crippen molar-refractivity contribution in [3.63, 3.8) is 0 Å². The van der Waals surface area contributed by atoms with Crippen LogP contribution >= 0.6 is 0 Å². The Bertz CT molecular complexity index is 551. The monoisotopic (exact) mass is 280 g/mol. The molecule has 0 aliphatic carbocycles. The summed E-state index contributed by atoms with van der Waals surface area (Å²) < 4.78 is 4.99. The maximum Gasteiger partial charge on any atom is 0.334 e. The van der Waals surface area contributed by atoms with Gasteiger partial charge in [0.2, 0.25) is 5.89 Å². The molecule has 108 valence electrons. The quantitative estimate of drug-likeness (QED) is 0.578. The van der Waals surface area contributed by atoms with Crippen molar-refractivity contribution < 1.29 is 18.9 Å². The molecule has 1 aliphatic heterocycles. The fraction of sp³-hybridized carbons (Fsp3) is 0.583. The molecule has 1 aromatic heterocycles. The van der Waals surface area contributed by atoms with Gasteiger partial charge in [-0.1, -0.05) is 19.0 Å². The number of urea groups is 1. The van der Waals surface area contributed by atoms with Crippen LogP contribution in [-0.2, 0) is 22.6 Å². The molecule has 1 aliphatic rings. The van der Waals surface area contributed by atoms with Crippen molar-refractivity contribution >= 4 is 17.8 Å². The van der Waals surface area contributed by atoms with E-state index in [9.17, 15) is 14.4 Å². The number of carbonyl (C=O) groups excluding carboxylic acids is 3. The number of hydrogen-bond acceptors (Lipinski definition) is 6. The van der Waals surface area contributed by atoms with Crippen molar-refractivity contribution in [3.8, 4) is 0 Å². The van der Waals surface area contributed by atoms with Gasteiger partial charge in [0.1, 0.15) is 6.54 Å². The van der Waals surface area contributed by atoms with Crippen molar-refractivity contribution in [2.45, 2.75) is 33.7 Å². The summed E-state index contributed by atoms with van der Waals surface area (Å²) in [5, 5.41) is 3.77. The first-order valence-electron chi connectivity index (χ1n) is 6.42. The van der Waals surface area contributed by atoms with E-state index >= 15 is 0 Å². The van der Waals surface area contributed by atoms with Crippen LogP contribution in [0.2, 0.25) is 0 Å². The van der Waals surface area contributed by atoms with Crippen molar-refractivity contribution in [1.82, 2.24) is 19.9 Å². The van der Waals surface area contributed by atoms with Gasteiger partial charge >= 0.3 is 17.8 Å². The Morgan fingerprint density at radius 2 is 1.80 bits per heavy atom. The lowest BCUT2D eigenvalue weighted by molar-refractivity contribution is -0.143. The van der Waals surface area contributed by atoms with E-state index in [1.807, 2.05) is 13.8 Å². The third-order valence-corrected chi connectivity index (χ3v) is 2.85. The number of likely N-dealkylation sites (N-methyl/N-ethyl adjacent to an activating group) is 1. The Balaban J connectivity index is 2.10. The lowest BCUT2D eigenvalue weighted by atomic mass is 10.1. The SMILES string of the molecule is CCN1C(=O)C(=O)N(Cc2nc(CC(C)C)no2)C1=O. The van der Waals surface area contributed by atoms with Crippen LogP contribution in [0.4, 0.5) is 4.79 Å². The summed E-state index contributed by atoms with van der Waals surface area (Å²) in [6.07, 6.45) is 0.644. The second kappa shape index (κ2) is 5.40. The highest BCUT2D eigenvalue weighted by atomic mass is 16.5. The van der Waals surface area contributed by atoms with Crippen LogP contribution in [0.25, 0.3) is 0 Å². The average Bonchev–Trinajstić information content (AvgIpc) is 2.88. The van der Waals surface area contributed by atoms with Crippen LogP contribution in [0, 0.1) is 5.92 Å².